The molecule has 0 aliphatic heterocycles. The van der Waals surface area contributed by atoms with Gasteiger partial charge in [0.1, 0.15) is 12.0 Å². The molecule has 0 saturated heterocycles. The summed E-state index contributed by atoms with van der Waals surface area (Å²) in [5.74, 6) is -0.482. The van der Waals surface area contributed by atoms with Crippen LogP contribution >= 0.6 is 0 Å². The molecular weight excluding hydrogens is 232 g/mol. The highest BCUT2D eigenvalue weighted by Gasteiger charge is 2.19. The van der Waals surface area contributed by atoms with Crippen LogP contribution in [0.5, 0.6) is 0 Å². The Morgan fingerprint density at radius 1 is 1.44 bits per heavy atom. The number of hydrogen-bond donors (Lipinski definition) is 1. The Morgan fingerprint density at radius 3 is 2.89 bits per heavy atom. The summed E-state index contributed by atoms with van der Waals surface area (Å²) in [5.41, 5.74) is 0.842. The summed E-state index contributed by atoms with van der Waals surface area (Å²) in [6.07, 6.45) is 8.02. The SMILES string of the molecule is O=C(O)c1coc(-c2ccn(C3CCCC3)n2)c1. The van der Waals surface area contributed by atoms with E-state index < -0.39 is 5.97 Å². The van der Waals surface area contributed by atoms with Gasteiger partial charge >= 0.3 is 5.97 Å². The van der Waals surface area contributed by atoms with Gasteiger partial charge < -0.3 is 9.52 Å². The molecule has 1 aliphatic carbocycles. The van der Waals surface area contributed by atoms with E-state index in [2.05, 4.69) is 5.10 Å². The van der Waals surface area contributed by atoms with E-state index in [4.69, 9.17) is 9.52 Å². The molecule has 2 aromatic heterocycles. The molecule has 0 amide bonds. The summed E-state index contributed by atoms with van der Waals surface area (Å²) < 4.78 is 7.19. The molecule has 0 radical (unpaired) electrons. The first-order valence-corrected chi connectivity index (χ1v) is 6.11. The van der Waals surface area contributed by atoms with Crippen molar-refractivity contribution in [1.29, 1.82) is 0 Å². The van der Waals surface area contributed by atoms with Crippen molar-refractivity contribution < 1.29 is 14.3 Å². The van der Waals surface area contributed by atoms with Crippen LogP contribution < -0.4 is 0 Å². The van der Waals surface area contributed by atoms with Crippen LogP contribution in [0.25, 0.3) is 11.5 Å². The zero-order chi connectivity index (χ0) is 12.5. The van der Waals surface area contributed by atoms with Crippen molar-refractivity contribution in [2.45, 2.75) is 31.7 Å². The highest BCUT2D eigenvalue weighted by Crippen LogP contribution is 2.30. The summed E-state index contributed by atoms with van der Waals surface area (Å²) in [4.78, 5) is 10.8. The fourth-order valence-corrected chi connectivity index (χ4v) is 2.42. The first-order chi connectivity index (χ1) is 8.74. The number of carboxylic acids is 1. The molecule has 1 saturated carbocycles. The van der Waals surface area contributed by atoms with Gasteiger partial charge in [-0.2, -0.15) is 5.10 Å². The maximum absolute atomic E-state index is 10.8. The molecule has 2 heterocycles. The van der Waals surface area contributed by atoms with E-state index in [1.165, 1.54) is 38.0 Å². The highest BCUT2D eigenvalue weighted by atomic mass is 16.4. The number of furan rings is 1. The highest BCUT2D eigenvalue weighted by molar-refractivity contribution is 5.88. The van der Waals surface area contributed by atoms with Gasteiger partial charge in [0.05, 0.1) is 11.6 Å². The lowest BCUT2D eigenvalue weighted by atomic mass is 10.3. The van der Waals surface area contributed by atoms with Gasteiger partial charge in [-0.05, 0) is 18.9 Å². The van der Waals surface area contributed by atoms with Crippen LogP contribution in [0.2, 0.25) is 0 Å². The Bertz CT molecular complexity index is 564. The van der Waals surface area contributed by atoms with Crippen molar-refractivity contribution in [3.63, 3.8) is 0 Å². The van der Waals surface area contributed by atoms with E-state index in [9.17, 15) is 4.79 Å². The third kappa shape index (κ3) is 1.92. The molecule has 5 nitrogen and oxygen atoms in total. The Labute approximate surface area is 104 Å². The van der Waals surface area contributed by atoms with Crippen molar-refractivity contribution in [1.82, 2.24) is 9.78 Å². The fourth-order valence-electron chi connectivity index (χ4n) is 2.42. The van der Waals surface area contributed by atoms with Crippen molar-refractivity contribution >= 4 is 5.97 Å². The average molecular weight is 246 g/mol. The number of carbonyl (C=O) groups is 1. The number of aromatic carboxylic acids is 1. The number of carboxylic acid groups (broad SMARTS) is 1. The molecule has 1 N–H and O–H groups in total. The second-order valence-electron chi connectivity index (χ2n) is 4.62. The third-order valence-corrected chi connectivity index (χ3v) is 3.41. The topological polar surface area (TPSA) is 68.3 Å². The van der Waals surface area contributed by atoms with Crippen molar-refractivity contribution in [3.05, 3.63) is 30.2 Å². The largest absolute Gasteiger partial charge is 0.478 e. The molecule has 0 aromatic carbocycles. The number of hydrogen-bond acceptors (Lipinski definition) is 3. The Hall–Kier alpha value is -2.04. The minimum Gasteiger partial charge on any atom is -0.478 e. The molecule has 0 spiro atoms. The summed E-state index contributed by atoms with van der Waals surface area (Å²) in [6.45, 7) is 0. The molecule has 0 bridgehead atoms. The predicted molar refractivity (Wildman–Crippen MR) is 64.4 cm³/mol. The lowest BCUT2D eigenvalue weighted by Gasteiger charge is -2.08. The van der Waals surface area contributed by atoms with E-state index in [1.807, 2.05) is 16.9 Å². The normalized spacial score (nSPS) is 16.2. The smallest absolute Gasteiger partial charge is 0.338 e. The summed E-state index contributed by atoms with van der Waals surface area (Å²) in [7, 11) is 0. The first kappa shape index (κ1) is 11.1. The van der Waals surface area contributed by atoms with Crippen LogP contribution in [-0.4, -0.2) is 20.9 Å². The van der Waals surface area contributed by atoms with Gasteiger partial charge in [-0.25, -0.2) is 4.79 Å². The lowest BCUT2D eigenvalue weighted by Crippen LogP contribution is -2.04. The molecule has 3 rings (SSSR count). The van der Waals surface area contributed by atoms with Gasteiger partial charge in [0, 0.05) is 12.3 Å². The van der Waals surface area contributed by atoms with E-state index in [1.54, 1.807) is 0 Å². The standard InChI is InChI=1S/C13H14N2O3/c16-13(17)9-7-12(18-8-9)11-5-6-15(14-11)10-3-1-2-4-10/h5-8,10H,1-4H2,(H,16,17). The van der Waals surface area contributed by atoms with E-state index in [0.717, 1.165) is 0 Å². The van der Waals surface area contributed by atoms with E-state index >= 15 is 0 Å². The van der Waals surface area contributed by atoms with Crippen molar-refractivity contribution in [2.24, 2.45) is 0 Å². The molecule has 5 heteroatoms. The predicted octanol–water partition coefficient (Wildman–Crippen LogP) is 2.96. The molecular formula is C13H14N2O3. The summed E-state index contributed by atoms with van der Waals surface area (Å²) >= 11 is 0. The molecule has 1 aliphatic rings. The van der Waals surface area contributed by atoms with Crippen LogP contribution in [-0.2, 0) is 0 Å². The second-order valence-corrected chi connectivity index (χ2v) is 4.62. The molecule has 94 valence electrons. The molecule has 1 fully saturated rings. The van der Waals surface area contributed by atoms with Crippen LogP contribution in [0.4, 0.5) is 0 Å². The minimum absolute atomic E-state index is 0.153. The summed E-state index contributed by atoms with van der Waals surface area (Å²) in [6, 6.07) is 3.85. The summed E-state index contributed by atoms with van der Waals surface area (Å²) in [5, 5.41) is 13.3. The molecule has 0 unspecified atom stereocenters. The minimum atomic E-state index is -0.986. The van der Waals surface area contributed by atoms with Crippen LogP contribution in [0, 0.1) is 0 Å². The third-order valence-electron chi connectivity index (χ3n) is 3.41. The van der Waals surface area contributed by atoms with Gasteiger partial charge in [0.25, 0.3) is 0 Å². The average Bonchev–Trinajstić information content (AvgIpc) is 3.10. The zero-order valence-corrected chi connectivity index (χ0v) is 9.87. The quantitative estimate of drug-likeness (QED) is 0.904. The Balaban J connectivity index is 1.85. The number of nitrogens with zero attached hydrogens (tertiary/aromatic N) is 2. The zero-order valence-electron chi connectivity index (χ0n) is 9.87. The van der Waals surface area contributed by atoms with Crippen LogP contribution in [0.3, 0.4) is 0 Å². The first-order valence-electron chi connectivity index (χ1n) is 6.11. The number of rotatable bonds is 3. The van der Waals surface area contributed by atoms with Gasteiger partial charge in [0.2, 0.25) is 0 Å². The molecule has 2 aromatic rings. The number of aromatic nitrogens is 2. The van der Waals surface area contributed by atoms with Crippen molar-refractivity contribution in [3.8, 4) is 11.5 Å². The fraction of sp³-hybridized carbons (Fsp3) is 0.385. The lowest BCUT2D eigenvalue weighted by molar-refractivity contribution is 0.0696. The maximum atomic E-state index is 10.8. The van der Waals surface area contributed by atoms with E-state index in [-0.39, 0.29) is 5.56 Å². The van der Waals surface area contributed by atoms with Gasteiger partial charge in [-0.3, -0.25) is 4.68 Å². The Morgan fingerprint density at radius 2 is 2.22 bits per heavy atom. The van der Waals surface area contributed by atoms with Crippen LogP contribution in [0.15, 0.2) is 29.0 Å². The monoisotopic (exact) mass is 246 g/mol. The second kappa shape index (κ2) is 4.33. The molecule has 0 atom stereocenters. The molecule has 18 heavy (non-hydrogen) atoms. The van der Waals surface area contributed by atoms with E-state index in [0.29, 0.717) is 17.5 Å². The van der Waals surface area contributed by atoms with Crippen molar-refractivity contribution in [2.75, 3.05) is 0 Å². The van der Waals surface area contributed by atoms with Gasteiger partial charge in [-0.15, -0.1) is 0 Å². The van der Waals surface area contributed by atoms with Gasteiger partial charge in [0.15, 0.2) is 5.76 Å². The maximum Gasteiger partial charge on any atom is 0.338 e. The van der Waals surface area contributed by atoms with Crippen LogP contribution in [0.1, 0.15) is 42.1 Å². The van der Waals surface area contributed by atoms with Gasteiger partial charge in [-0.1, -0.05) is 12.8 Å². The Kier molecular flexibility index (Phi) is 2.66.